The number of aliphatic hydroxyl groups is 1. The number of ether oxygens (including phenoxy) is 1. The molecule has 4 nitrogen and oxygen atoms in total. The molecule has 1 aliphatic carbocycles. The Morgan fingerprint density at radius 2 is 1.86 bits per heavy atom. The summed E-state index contributed by atoms with van der Waals surface area (Å²) in [5.41, 5.74) is 0. The quantitative estimate of drug-likeness (QED) is 0.638. The third kappa shape index (κ3) is 4.30. The zero-order valence-corrected chi connectivity index (χ0v) is 15.6. The summed E-state index contributed by atoms with van der Waals surface area (Å²) in [7, 11) is -0.535. The van der Waals surface area contributed by atoms with E-state index in [0.29, 0.717) is 12.8 Å². The second-order valence-corrected chi connectivity index (χ2v) is 12.5. The molecule has 0 heterocycles. The van der Waals surface area contributed by atoms with Crippen molar-refractivity contribution in [3.05, 3.63) is 0 Å². The largest absolute Gasteiger partial charge is 0.469 e. The second-order valence-electron chi connectivity index (χ2n) is 7.77. The number of rotatable bonds is 4. The highest BCUT2D eigenvalue weighted by Gasteiger charge is 2.45. The van der Waals surface area contributed by atoms with Gasteiger partial charge in [0.05, 0.1) is 25.2 Å². The molecule has 0 aliphatic heterocycles. The maximum absolute atomic E-state index is 11.9. The molecule has 0 aromatic heterocycles. The Labute approximate surface area is 130 Å². The van der Waals surface area contributed by atoms with Crippen LogP contribution in [0.3, 0.4) is 0 Å². The molecular formula is C16H32O4Si. The molecule has 0 amide bonds. The zero-order chi connectivity index (χ0) is 16.4. The molecule has 0 spiro atoms. The first kappa shape index (κ1) is 18.7. The number of methoxy groups -OCH3 is 1. The van der Waals surface area contributed by atoms with Gasteiger partial charge in [-0.3, -0.25) is 4.79 Å². The molecule has 1 fully saturated rings. The topological polar surface area (TPSA) is 55.8 Å². The molecule has 0 aromatic carbocycles. The molecule has 1 aliphatic rings. The van der Waals surface area contributed by atoms with Crippen LogP contribution in [-0.4, -0.2) is 38.7 Å². The van der Waals surface area contributed by atoms with Gasteiger partial charge in [-0.15, -0.1) is 0 Å². The second kappa shape index (κ2) is 6.80. The summed E-state index contributed by atoms with van der Waals surface area (Å²) in [4.78, 5) is 11.9. The molecule has 4 atom stereocenters. The lowest BCUT2D eigenvalue weighted by Gasteiger charge is -2.45. The Kier molecular flexibility index (Phi) is 6.04. The van der Waals surface area contributed by atoms with Crippen molar-refractivity contribution in [1.29, 1.82) is 0 Å². The van der Waals surface area contributed by atoms with Crippen molar-refractivity contribution >= 4 is 14.3 Å². The van der Waals surface area contributed by atoms with E-state index in [1.165, 1.54) is 7.11 Å². The van der Waals surface area contributed by atoms with Gasteiger partial charge in [-0.2, -0.15) is 0 Å². The summed E-state index contributed by atoms with van der Waals surface area (Å²) < 4.78 is 11.3. The van der Waals surface area contributed by atoms with Gasteiger partial charge in [-0.25, -0.2) is 0 Å². The van der Waals surface area contributed by atoms with Gasteiger partial charge in [0.15, 0.2) is 8.32 Å². The number of hydrogen-bond acceptors (Lipinski definition) is 4. The summed E-state index contributed by atoms with van der Waals surface area (Å²) in [6.45, 7) is 13.0. The molecule has 1 rings (SSSR count). The smallest absolute Gasteiger partial charge is 0.308 e. The van der Waals surface area contributed by atoms with Crippen LogP contribution in [0.2, 0.25) is 18.1 Å². The van der Waals surface area contributed by atoms with Crippen molar-refractivity contribution in [2.75, 3.05) is 7.11 Å². The van der Waals surface area contributed by atoms with Gasteiger partial charge >= 0.3 is 5.97 Å². The van der Waals surface area contributed by atoms with Gasteiger partial charge in [-0.1, -0.05) is 34.1 Å². The van der Waals surface area contributed by atoms with Gasteiger partial charge in [0.1, 0.15) is 0 Å². The molecule has 3 unspecified atom stereocenters. The SMILES string of the molecule is CC[C@@H]1CC(C(=O)OC)CC(O[Si](C)(C)C(C)(C)C)C1O. The highest BCUT2D eigenvalue weighted by molar-refractivity contribution is 6.74. The highest BCUT2D eigenvalue weighted by Crippen LogP contribution is 2.41. The van der Waals surface area contributed by atoms with Crippen LogP contribution in [0.4, 0.5) is 0 Å². The van der Waals surface area contributed by atoms with E-state index in [0.717, 1.165) is 6.42 Å². The molecular weight excluding hydrogens is 284 g/mol. The van der Waals surface area contributed by atoms with Crippen LogP contribution in [0.15, 0.2) is 0 Å². The number of hydrogen-bond donors (Lipinski definition) is 1. The highest BCUT2D eigenvalue weighted by atomic mass is 28.4. The Morgan fingerprint density at radius 3 is 2.29 bits per heavy atom. The van der Waals surface area contributed by atoms with Crippen LogP contribution in [0.5, 0.6) is 0 Å². The molecule has 5 heteroatoms. The summed E-state index contributed by atoms with van der Waals surface area (Å²) in [5, 5.41) is 10.7. The molecule has 0 radical (unpaired) electrons. The summed E-state index contributed by atoms with van der Waals surface area (Å²) in [6.07, 6.45) is 1.38. The minimum Gasteiger partial charge on any atom is -0.469 e. The Balaban J connectivity index is 2.90. The first-order valence-corrected chi connectivity index (χ1v) is 10.9. The van der Waals surface area contributed by atoms with Crippen LogP contribution < -0.4 is 0 Å². The lowest BCUT2D eigenvalue weighted by atomic mass is 9.76. The van der Waals surface area contributed by atoms with Crippen LogP contribution in [0.25, 0.3) is 0 Å². The van der Waals surface area contributed by atoms with Crippen LogP contribution in [0, 0.1) is 11.8 Å². The van der Waals surface area contributed by atoms with E-state index in [1.807, 2.05) is 0 Å². The van der Waals surface area contributed by atoms with E-state index in [4.69, 9.17) is 9.16 Å². The van der Waals surface area contributed by atoms with Crippen molar-refractivity contribution in [2.45, 2.75) is 77.3 Å². The molecule has 1 saturated carbocycles. The van der Waals surface area contributed by atoms with E-state index in [1.54, 1.807) is 0 Å². The molecule has 124 valence electrons. The fourth-order valence-corrected chi connectivity index (χ4v) is 4.11. The van der Waals surface area contributed by atoms with Crippen LogP contribution >= 0.6 is 0 Å². The number of carbonyl (C=O) groups excluding carboxylic acids is 1. The summed E-state index contributed by atoms with van der Waals surface area (Å²) >= 11 is 0. The van der Waals surface area contributed by atoms with Gasteiger partial charge in [0.25, 0.3) is 0 Å². The van der Waals surface area contributed by atoms with Crippen molar-refractivity contribution < 1.29 is 19.1 Å². The molecule has 21 heavy (non-hydrogen) atoms. The molecule has 1 N–H and O–H groups in total. The van der Waals surface area contributed by atoms with Crippen molar-refractivity contribution in [3.63, 3.8) is 0 Å². The predicted octanol–water partition coefficient (Wildman–Crippen LogP) is 3.35. The van der Waals surface area contributed by atoms with Crippen LogP contribution in [-0.2, 0) is 14.0 Å². The predicted molar refractivity (Wildman–Crippen MR) is 86.6 cm³/mol. The van der Waals surface area contributed by atoms with Crippen molar-refractivity contribution in [2.24, 2.45) is 11.8 Å². The van der Waals surface area contributed by atoms with Gasteiger partial charge in [0, 0.05) is 0 Å². The van der Waals surface area contributed by atoms with E-state index in [-0.39, 0.29) is 28.9 Å². The average molecular weight is 317 g/mol. The molecule has 0 bridgehead atoms. The van der Waals surface area contributed by atoms with E-state index in [2.05, 4.69) is 40.8 Å². The van der Waals surface area contributed by atoms with Gasteiger partial charge in [-0.05, 0) is 36.9 Å². The number of esters is 1. The first-order valence-electron chi connectivity index (χ1n) is 7.97. The van der Waals surface area contributed by atoms with E-state index in [9.17, 15) is 9.90 Å². The summed E-state index contributed by atoms with van der Waals surface area (Å²) in [5.74, 6) is -0.222. The van der Waals surface area contributed by atoms with Gasteiger partial charge in [0.2, 0.25) is 0 Å². The van der Waals surface area contributed by atoms with Gasteiger partial charge < -0.3 is 14.3 Å². The Hall–Kier alpha value is -0.393. The maximum Gasteiger partial charge on any atom is 0.308 e. The van der Waals surface area contributed by atoms with E-state index < -0.39 is 14.4 Å². The standard InChI is InChI=1S/C16H32O4Si/c1-8-11-9-12(15(18)19-5)10-13(14(11)17)20-21(6,7)16(2,3)4/h11-14,17H,8-10H2,1-7H3/t11-,12?,13?,14?/m1/s1. The first-order chi connectivity index (χ1) is 9.53. The average Bonchev–Trinajstić information content (AvgIpc) is 2.38. The fourth-order valence-electron chi connectivity index (χ4n) is 2.76. The third-order valence-electron chi connectivity index (χ3n) is 5.28. The summed E-state index contributed by atoms with van der Waals surface area (Å²) in [6, 6.07) is 0. The monoisotopic (exact) mass is 316 g/mol. The minimum atomic E-state index is -1.96. The minimum absolute atomic E-state index is 0.0899. The number of carbonyl (C=O) groups is 1. The Bertz CT molecular complexity index is 362. The third-order valence-corrected chi connectivity index (χ3v) is 9.78. The lowest BCUT2D eigenvalue weighted by Crippen LogP contribution is -2.52. The van der Waals surface area contributed by atoms with E-state index >= 15 is 0 Å². The van der Waals surface area contributed by atoms with Crippen molar-refractivity contribution in [1.82, 2.24) is 0 Å². The normalized spacial score (nSPS) is 31.0. The maximum atomic E-state index is 11.9. The molecule has 0 saturated heterocycles. The lowest BCUT2D eigenvalue weighted by molar-refractivity contribution is -0.152. The van der Waals surface area contributed by atoms with Crippen molar-refractivity contribution in [3.8, 4) is 0 Å². The Morgan fingerprint density at radius 1 is 1.29 bits per heavy atom. The fraction of sp³-hybridized carbons (Fsp3) is 0.938. The molecule has 0 aromatic rings. The number of aliphatic hydroxyl groups excluding tert-OH is 1. The van der Waals surface area contributed by atoms with Crippen LogP contribution in [0.1, 0.15) is 47.0 Å². The zero-order valence-electron chi connectivity index (χ0n) is 14.6.